The highest BCUT2D eigenvalue weighted by atomic mass is 32.1. The average Bonchev–Trinajstić information content (AvgIpc) is 2.82. The molecule has 2 N–H and O–H groups in total. The second-order valence-corrected chi connectivity index (χ2v) is 8.51. The zero-order valence-electron chi connectivity index (χ0n) is 19.0. The van der Waals surface area contributed by atoms with E-state index in [2.05, 4.69) is 36.6 Å². The highest BCUT2D eigenvalue weighted by Gasteiger charge is 2.10. The number of benzene rings is 3. The van der Waals surface area contributed by atoms with Crippen molar-refractivity contribution in [2.24, 2.45) is 5.92 Å². The first-order chi connectivity index (χ1) is 16.0. The lowest BCUT2D eigenvalue weighted by Gasteiger charge is -2.12. The third-order valence-electron chi connectivity index (χ3n) is 4.74. The third kappa shape index (κ3) is 8.58. The maximum atomic E-state index is 12.5. The van der Waals surface area contributed by atoms with Crippen LogP contribution < -0.4 is 20.1 Å². The number of aryl methyl sites for hydroxylation is 1. The van der Waals surface area contributed by atoms with E-state index in [9.17, 15) is 4.79 Å². The minimum Gasteiger partial charge on any atom is -0.494 e. The van der Waals surface area contributed by atoms with Crippen molar-refractivity contribution in [2.45, 2.75) is 26.7 Å². The lowest BCUT2D eigenvalue weighted by atomic mass is 10.1. The molecular formula is C27H30N2O3S. The van der Waals surface area contributed by atoms with Crippen LogP contribution in [0.3, 0.4) is 0 Å². The molecule has 0 aliphatic carbocycles. The second-order valence-electron chi connectivity index (χ2n) is 8.10. The smallest absolute Gasteiger partial charge is 0.257 e. The Balaban J connectivity index is 1.42. The molecule has 33 heavy (non-hydrogen) atoms. The molecule has 3 aromatic rings. The molecule has 0 radical (unpaired) electrons. The van der Waals surface area contributed by atoms with Crippen LogP contribution in [0.15, 0.2) is 78.9 Å². The van der Waals surface area contributed by atoms with Gasteiger partial charge in [0.2, 0.25) is 0 Å². The van der Waals surface area contributed by atoms with Crippen molar-refractivity contribution in [3.63, 3.8) is 0 Å². The normalized spacial score (nSPS) is 10.5. The molecule has 0 bridgehead atoms. The SMILES string of the molecule is CC(C)COc1cccc(C(=O)NC(=S)Nc2ccc(OCCCc3ccccc3)cc2)c1. The van der Waals surface area contributed by atoms with E-state index >= 15 is 0 Å². The van der Waals surface area contributed by atoms with Gasteiger partial charge in [-0.2, -0.15) is 0 Å². The van der Waals surface area contributed by atoms with Gasteiger partial charge in [-0.25, -0.2) is 0 Å². The number of amides is 1. The first-order valence-electron chi connectivity index (χ1n) is 11.1. The molecule has 0 saturated carbocycles. The fourth-order valence-electron chi connectivity index (χ4n) is 3.07. The fourth-order valence-corrected chi connectivity index (χ4v) is 3.28. The molecule has 172 valence electrons. The predicted molar refractivity (Wildman–Crippen MR) is 137 cm³/mol. The summed E-state index contributed by atoms with van der Waals surface area (Å²) in [6.07, 6.45) is 1.94. The van der Waals surface area contributed by atoms with Crippen LogP contribution in [0, 0.1) is 5.92 Å². The molecule has 0 saturated heterocycles. The number of thiocarbonyl (C=S) groups is 1. The molecule has 3 rings (SSSR count). The number of nitrogens with one attached hydrogen (secondary N) is 2. The highest BCUT2D eigenvalue weighted by Crippen LogP contribution is 2.17. The molecule has 0 heterocycles. The van der Waals surface area contributed by atoms with E-state index in [4.69, 9.17) is 21.7 Å². The van der Waals surface area contributed by atoms with Crippen molar-refractivity contribution < 1.29 is 14.3 Å². The van der Waals surface area contributed by atoms with Gasteiger partial charge >= 0.3 is 0 Å². The molecular weight excluding hydrogens is 432 g/mol. The summed E-state index contributed by atoms with van der Waals surface area (Å²) in [5.74, 6) is 1.57. The number of hydrogen-bond donors (Lipinski definition) is 2. The summed E-state index contributed by atoms with van der Waals surface area (Å²) in [6.45, 7) is 5.39. The Kier molecular flexibility index (Phi) is 9.27. The molecule has 0 atom stereocenters. The van der Waals surface area contributed by atoms with Crippen LogP contribution in [0.5, 0.6) is 11.5 Å². The van der Waals surface area contributed by atoms with Crippen LogP contribution in [0.1, 0.15) is 36.2 Å². The Hall–Kier alpha value is -3.38. The molecule has 0 spiro atoms. The van der Waals surface area contributed by atoms with Gasteiger partial charge in [-0.05, 0) is 79.0 Å². The number of rotatable bonds is 10. The van der Waals surface area contributed by atoms with E-state index in [1.54, 1.807) is 18.2 Å². The van der Waals surface area contributed by atoms with Gasteiger partial charge in [-0.1, -0.05) is 50.2 Å². The van der Waals surface area contributed by atoms with Crippen molar-refractivity contribution in [3.8, 4) is 11.5 Å². The summed E-state index contributed by atoms with van der Waals surface area (Å²) >= 11 is 5.29. The van der Waals surface area contributed by atoms with Gasteiger partial charge in [0, 0.05) is 11.3 Å². The van der Waals surface area contributed by atoms with Crippen molar-refractivity contribution >= 4 is 28.9 Å². The zero-order valence-corrected chi connectivity index (χ0v) is 19.9. The number of carbonyl (C=O) groups excluding carboxylic acids is 1. The predicted octanol–water partition coefficient (Wildman–Crippen LogP) is 5.86. The first-order valence-corrected chi connectivity index (χ1v) is 11.5. The van der Waals surface area contributed by atoms with E-state index in [-0.39, 0.29) is 11.0 Å². The largest absolute Gasteiger partial charge is 0.494 e. The van der Waals surface area contributed by atoms with Crippen LogP contribution in [0.25, 0.3) is 0 Å². The Morgan fingerprint density at radius 3 is 2.39 bits per heavy atom. The molecule has 0 fully saturated rings. The van der Waals surface area contributed by atoms with Crippen molar-refractivity contribution in [1.29, 1.82) is 0 Å². The summed E-state index contributed by atoms with van der Waals surface area (Å²) in [5.41, 5.74) is 2.57. The number of hydrogen-bond acceptors (Lipinski definition) is 4. The van der Waals surface area contributed by atoms with E-state index in [0.717, 1.165) is 24.3 Å². The molecule has 1 amide bonds. The standard InChI is InChI=1S/C27H30N2O3S/c1-20(2)19-32-25-12-6-11-22(18-25)26(30)29-27(33)28-23-13-15-24(16-14-23)31-17-7-10-21-8-4-3-5-9-21/h3-6,8-9,11-16,18,20H,7,10,17,19H2,1-2H3,(H2,28,29,30,33). The van der Waals surface area contributed by atoms with E-state index in [1.165, 1.54) is 5.56 Å². The summed E-state index contributed by atoms with van der Waals surface area (Å²) in [5, 5.41) is 5.96. The molecule has 0 aliphatic rings. The maximum Gasteiger partial charge on any atom is 0.257 e. The van der Waals surface area contributed by atoms with Crippen molar-refractivity contribution in [2.75, 3.05) is 18.5 Å². The highest BCUT2D eigenvalue weighted by molar-refractivity contribution is 7.80. The molecule has 0 unspecified atom stereocenters. The third-order valence-corrected chi connectivity index (χ3v) is 4.94. The summed E-state index contributed by atoms with van der Waals surface area (Å²) in [7, 11) is 0. The van der Waals surface area contributed by atoms with Crippen LogP contribution in [-0.4, -0.2) is 24.2 Å². The minimum atomic E-state index is -0.291. The lowest BCUT2D eigenvalue weighted by molar-refractivity contribution is 0.0977. The summed E-state index contributed by atoms with van der Waals surface area (Å²) in [4.78, 5) is 12.5. The fraction of sp³-hybridized carbons (Fsp3) is 0.259. The molecule has 0 aromatic heterocycles. The Bertz CT molecular complexity index is 1040. The van der Waals surface area contributed by atoms with E-state index in [0.29, 0.717) is 30.4 Å². The molecule has 0 aliphatic heterocycles. The van der Waals surface area contributed by atoms with Gasteiger partial charge in [-0.3, -0.25) is 10.1 Å². The van der Waals surface area contributed by atoms with Crippen LogP contribution in [0.2, 0.25) is 0 Å². The molecule has 5 nitrogen and oxygen atoms in total. The topological polar surface area (TPSA) is 59.6 Å². The van der Waals surface area contributed by atoms with Gasteiger partial charge in [0.1, 0.15) is 11.5 Å². The van der Waals surface area contributed by atoms with Crippen LogP contribution in [0.4, 0.5) is 5.69 Å². The number of ether oxygens (including phenoxy) is 2. The Morgan fingerprint density at radius 2 is 1.67 bits per heavy atom. The summed E-state index contributed by atoms with van der Waals surface area (Å²) in [6, 6.07) is 24.9. The zero-order chi connectivity index (χ0) is 23.5. The molecule has 6 heteroatoms. The van der Waals surface area contributed by atoms with Gasteiger partial charge in [0.15, 0.2) is 5.11 Å². The van der Waals surface area contributed by atoms with Crippen LogP contribution in [-0.2, 0) is 6.42 Å². The Morgan fingerprint density at radius 1 is 0.909 bits per heavy atom. The lowest BCUT2D eigenvalue weighted by Crippen LogP contribution is -2.34. The Labute approximate surface area is 201 Å². The van der Waals surface area contributed by atoms with Crippen molar-refractivity contribution in [1.82, 2.24) is 5.32 Å². The van der Waals surface area contributed by atoms with E-state index in [1.807, 2.05) is 48.5 Å². The average molecular weight is 463 g/mol. The van der Waals surface area contributed by atoms with Gasteiger partial charge in [0.25, 0.3) is 5.91 Å². The second kappa shape index (κ2) is 12.6. The van der Waals surface area contributed by atoms with Gasteiger partial charge in [-0.15, -0.1) is 0 Å². The van der Waals surface area contributed by atoms with E-state index < -0.39 is 0 Å². The minimum absolute atomic E-state index is 0.227. The van der Waals surface area contributed by atoms with Crippen LogP contribution >= 0.6 is 12.2 Å². The maximum absolute atomic E-state index is 12.5. The monoisotopic (exact) mass is 462 g/mol. The first kappa shape index (κ1) is 24.3. The quantitative estimate of drug-likeness (QED) is 0.292. The summed E-state index contributed by atoms with van der Waals surface area (Å²) < 4.78 is 11.5. The van der Waals surface area contributed by atoms with Crippen molar-refractivity contribution in [3.05, 3.63) is 90.0 Å². The van der Waals surface area contributed by atoms with Gasteiger partial charge < -0.3 is 14.8 Å². The van der Waals surface area contributed by atoms with Gasteiger partial charge in [0.05, 0.1) is 13.2 Å². The molecule has 3 aromatic carbocycles. The number of anilines is 1. The number of carbonyl (C=O) groups is 1.